The monoisotopic (exact) mass is 401 g/mol. The number of ether oxygens (including phenoxy) is 3. The van der Waals surface area contributed by atoms with Gasteiger partial charge in [-0.1, -0.05) is 19.1 Å². The van der Waals surface area contributed by atoms with Gasteiger partial charge in [0, 0.05) is 5.56 Å². The highest BCUT2D eigenvalue weighted by atomic mass is 19.1. The third-order valence-electron chi connectivity index (χ3n) is 4.16. The highest BCUT2D eigenvalue weighted by Gasteiger charge is 2.24. The molecule has 0 saturated heterocycles. The van der Waals surface area contributed by atoms with Crippen molar-refractivity contribution in [1.82, 2.24) is 10.3 Å². The van der Waals surface area contributed by atoms with Crippen molar-refractivity contribution in [3.63, 3.8) is 0 Å². The van der Waals surface area contributed by atoms with Crippen LogP contribution in [0.15, 0.2) is 47.1 Å². The fourth-order valence-corrected chi connectivity index (χ4v) is 2.66. The summed E-state index contributed by atoms with van der Waals surface area (Å²) in [5.74, 6) is 0.0777. The van der Waals surface area contributed by atoms with E-state index in [9.17, 15) is 9.18 Å². The molecule has 0 fully saturated rings. The standard InChI is InChI=1S/C20H20FN3O5/c1-4-14(28-15-8-6-5-7-13(15)21)20(25)22-19-18(23-29-24-19)12-9-10-16(26-2)17(11-12)27-3/h5-11,14H,4H2,1-3H3,(H,22,24,25)/t14-/m0/s1. The molecule has 0 radical (unpaired) electrons. The molecular formula is C20H20FN3O5. The van der Waals surface area contributed by atoms with Crippen LogP contribution in [0.4, 0.5) is 10.2 Å². The summed E-state index contributed by atoms with van der Waals surface area (Å²) in [6.45, 7) is 1.75. The van der Waals surface area contributed by atoms with Gasteiger partial charge >= 0.3 is 0 Å². The van der Waals surface area contributed by atoms with Crippen LogP contribution < -0.4 is 19.5 Å². The predicted octanol–water partition coefficient (Wildman–Crippen LogP) is 3.69. The summed E-state index contributed by atoms with van der Waals surface area (Å²) >= 11 is 0. The van der Waals surface area contributed by atoms with Crippen molar-refractivity contribution < 1.29 is 28.0 Å². The van der Waals surface area contributed by atoms with Crippen LogP contribution in [0.5, 0.6) is 17.2 Å². The zero-order chi connectivity index (χ0) is 20.8. The van der Waals surface area contributed by atoms with E-state index >= 15 is 0 Å². The number of carbonyl (C=O) groups is 1. The van der Waals surface area contributed by atoms with Gasteiger partial charge in [0.05, 0.1) is 14.2 Å². The lowest BCUT2D eigenvalue weighted by molar-refractivity contribution is -0.122. The molecule has 3 aromatic rings. The van der Waals surface area contributed by atoms with E-state index in [0.717, 1.165) is 0 Å². The smallest absolute Gasteiger partial charge is 0.266 e. The minimum absolute atomic E-state index is 0.00658. The van der Waals surface area contributed by atoms with Crippen molar-refractivity contribution in [2.45, 2.75) is 19.4 Å². The number of aromatic nitrogens is 2. The minimum atomic E-state index is -0.929. The summed E-state index contributed by atoms with van der Waals surface area (Å²) in [6.07, 6.45) is -0.612. The number of hydrogen-bond acceptors (Lipinski definition) is 7. The third-order valence-corrected chi connectivity index (χ3v) is 4.16. The molecule has 1 atom stereocenters. The molecular weight excluding hydrogens is 381 g/mol. The van der Waals surface area contributed by atoms with Gasteiger partial charge in [0.15, 0.2) is 34.9 Å². The van der Waals surface area contributed by atoms with Gasteiger partial charge in [-0.05, 0) is 47.1 Å². The third kappa shape index (κ3) is 4.45. The molecule has 9 heteroatoms. The minimum Gasteiger partial charge on any atom is -0.493 e. The van der Waals surface area contributed by atoms with E-state index in [2.05, 4.69) is 15.6 Å². The molecule has 8 nitrogen and oxygen atoms in total. The maximum Gasteiger partial charge on any atom is 0.266 e. The number of nitrogens with one attached hydrogen (secondary N) is 1. The lowest BCUT2D eigenvalue weighted by Gasteiger charge is -2.17. The lowest BCUT2D eigenvalue weighted by atomic mass is 10.1. The quantitative estimate of drug-likeness (QED) is 0.615. The second-order valence-electron chi connectivity index (χ2n) is 5.97. The Morgan fingerprint density at radius 3 is 2.55 bits per heavy atom. The number of methoxy groups -OCH3 is 2. The van der Waals surface area contributed by atoms with Gasteiger partial charge in [-0.25, -0.2) is 9.02 Å². The molecule has 152 valence electrons. The number of benzene rings is 2. The van der Waals surface area contributed by atoms with Crippen molar-refractivity contribution >= 4 is 11.7 Å². The Morgan fingerprint density at radius 2 is 1.86 bits per heavy atom. The first-order chi connectivity index (χ1) is 14.1. The average molecular weight is 401 g/mol. The van der Waals surface area contributed by atoms with E-state index in [-0.39, 0.29) is 11.6 Å². The number of amides is 1. The van der Waals surface area contributed by atoms with Crippen LogP contribution in [0.1, 0.15) is 13.3 Å². The molecule has 1 heterocycles. The number of nitrogens with zero attached hydrogens (tertiary/aromatic N) is 2. The van der Waals surface area contributed by atoms with Crippen LogP contribution in [0.2, 0.25) is 0 Å². The largest absolute Gasteiger partial charge is 0.493 e. The Kier molecular flexibility index (Phi) is 6.28. The summed E-state index contributed by atoms with van der Waals surface area (Å²) in [5.41, 5.74) is 0.905. The van der Waals surface area contributed by atoms with Crippen molar-refractivity contribution in [3.8, 4) is 28.5 Å². The van der Waals surface area contributed by atoms with Gasteiger partial charge < -0.3 is 19.5 Å². The first kappa shape index (κ1) is 20.1. The van der Waals surface area contributed by atoms with Crippen LogP contribution in [0.3, 0.4) is 0 Å². The zero-order valence-corrected chi connectivity index (χ0v) is 16.1. The van der Waals surface area contributed by atoms with Gasteiger partial charge in [-0.3, -0.25) is 4.79 Å². The Balaban J connectivity index is 1.80. The van der Waals surface area contributed by atoms with Crippen LogP contribution in [0.25, 0.3) is 11.3 Å². The first-order valence-corrected chi connectivity index (χ1v) is 8.84. The van der Waals surface area contributed by atoms with Crippen molar-refractivity contribution in [1.29, 1.82) is 0 Å². The topological polar surface area (TPSA) is 95.7 Å². The maximum atomic E-state index is 13.8. The molecule has 0 aliphatic heterocycles. The number of para-hydroxylation sites is 1. The van der Waals surface area contributed by atoms with Crippen molar-refractivity contribution in [2.75, 3.05) is 19.5 Å². The number of rotatable bonds is 8. The van der Waals surface area contributed by atoms with Gasteiger partial charge in [-0.2, -0.15) is 0 Å². The average Bonchev–Trinajstić information content (AvgIpc) is 3.20. The lowest BCUT2D eigenvalue weighted by Crippen LogP contribution is -2.32. The molecule has 1 aromatic heterocycles. The van der Waals surface area contributed by atoms with E-state index in [1.54, 1.807) is 37.3 Å². The Bertz CT molecular complexity index is 992. The molecule has 1 amide bonds. The zero-order valence-electron chi connectivity index (χ0n) is 16.1. The van der Waals surface area contributed by atoms with Crippen LogP contribution in [-0.4, -0.2) is 36.5 Å². The fraction of sp³-hybridized carbons (Fsp3) is 0.250. The molecule has 0 spiro atoms. The van der Waals surface area contributed by atoms with E-state index in [4.69, 9.17) is 18.8 Å². The molecule has 0 unspecified atom stereocenters. The normalized spacial score (nSPS) is 11.6. The summed E-state index contributed by atoms with van der Waals surface area (Å²) in [5, 5.41) is 10.2. The van der Waals surface area contributed by atoms with E-state index in [1.807, 2.05) is 0 Å². The van der Waals surface area contributed by atoms with Crippen LogP contribution in [-0.2, 0) is 4.79 Å². The second-order valence-corrected chi connectivity index (χ2v) is 5.97. The van der Waals surface area contributed by atoms with E-state index < -0.39 is 17.8 Å². The summed E-state index contributed by atoms with van der Waals surface area (Å²) in [7, 11) is 3.04. The SMILES string of the molecule is CC[C@H](Oc1ccccc1F)C(=O)Nc1nonc1-c1ccc(OC)c(OC)c1. The molecule has 2 aromatic carbocycles. The Morgan fingerprint density at radius 1 is 1.10 bits per heavy atom. The summed E-state index contributed by atoms with van der Waals surface area (Å²) < 4.78 is 34.6. The number of halogens is 1. The number of hydrogen-bond donors (Lipinski definition) is 1. The van der Waals surface area contributed by atoms with Gasteiger partial charge in [0.25, 0.3) is 5.91 Å². The summed E-state index contributed by atoms with van der Waals surface area (Å²) in [4.78, 5) is 12.7. The number of anilines is 1. The first-order valence-electron chi connectivity index (χ1n) is 8.84. The molecule has 1 N–H and O–H groups in total. The van der Waals surface area contributed by atoms with Gasteiger partial charge in [-0.15, -0.1) is 0 Å². The Hall–Kier alpha value is -3.62. The highest BCUT2D eigenvalue weighted by molar-refractivity contribution is 5.96. The number of carbonyl (C=O) groups excluding carboxylic acids is 1. The van der Waals surface area contributed by atoms with Crippen LogP contribution >= 0.6 is 0 Å². The van der Waals surface area contributed by atoms with E-state index in [0.29, 0.717) is 29.2 Å². The second kappa shape index (κ2) is 9.05. The highest BCUT2D eigenvalue weighted by Crippen LogP contribution is 2.34. The van der Waals surface area contributed by atoms with Gasteiger partial charge in [0.1, 0.15) is 0 Å². The fourth-order valence-electron chi connectivity index (χ4n) is 2.66. The molecule has 0 bridgehead atoms. The molecule has 0 aliphatic carbocycles. The molecule has 29 heavy (non-hydrogen) atoms. The van der Waals surface area contributed by atoms with Crippen molar-refractivity contribution in [2.24, 2.45) is 0 Å². The van der Waals surface area contributed by atoms with Crippen molar-refractivity contribution in [3.05, 3.63) is 48.3 Å². The van der Waals surface area contributed by atoms with Crippen LogP contribution in [0, 0.1) is 5.82 Å². The summed E-state index contributed by atoms with van der Waals surface area (Å²) in [6, 6.07) is 11.0. The predicted molar refractivity (Wildman–Crippen MR) is 103 cm³/mol. The van der Waals surface area contributed by atoms with E-state index in [1.165, 1.54) is 26.4 Å². The Labute approximate surface area is 166 Å². The molecule has 0 aliphatic rings. The van der Waals surface area contributed by atoms with Gasteiger partial charge in [0.2, 0.25) is 5.82 Å². The maximum absolute atomic E-state index is 13.8. The molecule has 3 rings (SSSR count). The molecule has 0 saturated carbocycles.